The van der Waals surface area contributed by atoms with Crippen molar-refractivity contribution in [3.8, 4) is 0 Å². The average Bonchev–Trinajstić information content (AvgIpc) is 2.37. The van der Waals surface area contributed by atoms with Gasteiger partial charge in [-0.1, -0.05) is 29.6 Å². The maximum absolute atomic E-state index is 11.7. The fourth-order valence-corrected chi connectivity index (χ4v) is 2.45. The van der Waals surface area contributed by atoms with E-state index in [-0.39, 0.29) is 35.9 Å². The van der Waals surface area contributed by atoms with Crippen LogP contribution in [-0.4, -0.2) is 30.2 Å². The molecule has 0 bridgehead atoms. The molecule has 1 heterocycles. The van der Waals surface area contributed by atoms with Gasteiger partial charge in [-0.25, -0.2) is 4.98 Å². The van der Waals surface area contributed by atoms with Crippen LogP contribution in [0.2, 0.25) is 10.3 Å². The zero-order chi connectivity index (χ0) is 15.2. The summed E-state index contributed by atoms with van der Waals surface area (Å²) in [6.45, 7) is 0.890. The summed E-state index contributed by atoms with van der Waals surface area (Å²) in [5.41, 5.74) is 6.39. The van der Waals surface area contributed by atoms with Crippen LogP contribution in [0.3, 0.4) is 0 Å². The van der Waals surface area contributed by atoms with Crippen LogP contribution in [0.4, 0.5) is 0 Å². The highest BCUT2D eigenvalue weighted by molar-refractivity contribution is 6.32. The smallest absolute Gasteiger partial charge is 0.325 e. The average molecular weight is 370 g/mol. The summed E-state index contributed by atoms with van der Waals surface area (Å²) in [5, 5.41) is 0.503. The molecule has 124 valence electrons. The Hall–Kier alpha value is -0.590. The summed E-state index contributed by atoms with van der Waals surface area (Å²) in [6.07, 6.45) is 3.66. The van der Waals surface area contributed by atoms with E-state index in [1.807, 2.05) is 0 Å². The number of esters is 1. The SMILES string of the molecule is Cl.N[C@@H](COCC1CCC1)C(=O)OCc1cc(Cl)nc(Cl)c1. The predicted molar refractivity (Wildman–Crippen MR) is 87.4 cm³/mol. The second-order valence-electron chi connectivity index (χ2n) is 5.17. The van der Waals surface area contributed by atoms with Crippen molar-refractivity contribution in [2.24, 2.45) is 11.7 Å². The maximum atomic E-state index is 11.7. The van der Waals surface area contributed by atoms with Crippen LogP contribution in [0.25, 0.3) is 0 Å². The molecule has 2 N–H and O–H groups in total. The van der Waals surface area contributed by atoms with Gasteiger partial charge in [0.2, 0.25) is 0 Å². The monoisotopic (exact) mass is 368 g/mol. The number of nitrogens with two attached hydrogens (primary N) is 1. The van der Waals surface area contributed by atoms with Gasteiger partial charge in [-0.05, 0) is 36.5 Å². The summed E-state index contributed by atoms with van der Waals surface area (Å²) in [4.78, 5) is 15.5. The van der Waals surface area contributed by atoms with Crippen molar-refractivity contribution in [3.63, 3.8) is 0 Å². The van der Waals surface area contributed by atoms with Crippen LogP contribution >= 0.6 is 35.6 Å². The third kappa shape index (κ3) is 6.26. The molecule has 1 aromatic heterocycles. The number of hydrogen-bond donors (Lipinski definition) is 1. The Morgan fingerprint density at radius 3 is 2.55 bits per heavy atom. The fraction of sp³-hybridized carbons (Fsp3) is 0.571. The first-order valence-electron chi connectivity index (χ1n) is 6.86. The van der Waals surface area contributed by atoms with Gasteiger partial charge in [0.05, 0.1) is 6.61 Å². The Labute approximate surface area is 145 Å². The van der Waals surface area contributed by atoms with Crippen molar-refractivity contribution in [1.29, 1.82) is 0 Å². The van der Waals surface area contributed by atoms with Gasteiger partial charge in [-0.15, -0.1) is 12.4 Å². The number of nitrogens with zero attached hydrogens (tertiary/aromatic N) is 1. The van der Waals surface area contributed by atoms with E-state index in [1.54, 1.807) is 12.1 Å². The molecule has 5 nitrogen and oxygen atoms in total. The molecular weight excluding hydrogens is 351 g/mol. The lowest BCUT2D eigenvalue weighted by Crippen LogP contribution is -2.37. The lowest BCUT2D eigenvalue weighted by Gasteiger charge is -2.25. The van der Waals surface area contributed by atoms with Gasteiger partial charge in [0.1, 0.15) is 23.0 Å². The zero-order valence-electron chi connectivity index (χ0n) is 12.0. The Kier molecular flexibility index (Phi) is 8.43. The van der Waals surface area contributed by atoms with Crippen LogP contribution in [0, 0.1) is 5.92 Å². The molecule has 1 aliphatic rings. The normalized spacial score (nSPS) is 15.6. The van der Waals surface area contributed by atoms with E-state index < -0.39 is 12.0 Å². The molecular formula is C14H19Cl3N2O3. The first kappa shape index (κ1) is 19.5. The van der Waals surface area contributed by atoms with Gasteiger partial charge in [0, 0.05) is 6.61 Å². The van der Waals surface area contributed by atoms with Crippen molar-refractivity contribution in [2.45, 2.75) is 31.9 Å². The standard InChI is InChI=1S/C14H18Cl2N2O3.ClH/c15-12-4-10(5-13(16)18-12)7-21-14(19)11(17)8-20-6-9-2-1-3-9;/h4-5,9,11H,1-3,6-8,17H2;1H/t11-;/m0./s1. The predicted octanol–water partition coefficient (Wildman–Crippen LogP) is 3.00. The number of carbonyl (C=O) groups is 1. The number of pyridine rings is 1. The lowest BCUT2D eigenvalue weighted by atomic mass is 9.86. The van der Waals surface area contributed by atoms with Crippen LogP contribution in [0.1, 0.15) is 24.8 Å². The van der Waals surface area contributed by atoms with Gasteiger partial charge in [-0.2, -0.15) is 0 Å². The van der Waals surface area contributed by atoms with E-state index in [1.165, 1.54) is 19.3 Å². The van der Waals surface area contributed by atoms with Gasteiger partial charge in [0.25, 0.3) is 0 Å². The van der Waals surface area contributed by atoms with E-state index in [4.69, 9.17) is 38.4 Å². The van der Waals surface area contributed by atoms with Gasteiger partial charge >= 0.3 is 5.97 Å². The highest BCUT2D eigenvalue weighted by Gasteiger charge is 2.20. The van der Waals surface area contributed by atoms with Gasteiger partial charge in [-0.3, -0.25) is 4.79 Å². The van der Waals surface area contributed by atoms with Crippen LogP contribution in [-0.2, 0) is 20.9 Å². The maximum Gasteiger partial charge on any atom is 0.325 e. The number of aromatic nitrogens is 1. The summed E-state index contributed by atoms with van der Waals surface area (Å²) in [6, 6.07) is 2.39. The quantitative estimate of drug-likeness (QED) is 0.591. The van der Waals surface area contributed by atoms with Crippen LogP contribution < -0.4 is 5.73 Å². The molecule has 0 saturated heterocycles. The summed E-state index contributed by atoms with van der Waals surface area (Å²) in [5.74, 6) is 0.113. The van der Waals surface area contributed by atoms with Crippen molar-refractivity contribution in [1.82, 2.24) is 4.98 Å². The molecule has 8 heteroatoms. The van der Waals surface area contributed by atoms with E-state index >= 15 is 0 Å². The molecule has 0 radical (unpaired) electrons. The summed E-state index contributed by atoms with van der Waals surface area (Å²) >= 11 is 11.5. The van der Waals surface area contributed by atoms with E-state index in [9.17, 15) is 4.79 Å². The Morgan fingerprint density at radius 1 is 1.36 bits per heavy atom. The zero-order valence-corrected chi connectivity index (χ0v) is 14.3. The first-order chi connectivity index (χ1) is 10.0. The minimum atomic E-state index is -0.780. The van der Waals surface area contributed by atoms with Crippen molar-refractivity contribution in [2.75, 3.05) is 13.2 Å². The third-order valence-electron chi connectivity index (χ3n) is 3.38. The molecule has 0 spiro atoms. The van der Waals surface area contributed by atoms with E-state index in [0.29, 0.717) is 18.1 Å². The summed E-state index contributed by atoms with van der Waals surface area (Å²) in [7, 11) is 0. The highest BCUT2D eigenvalue weighted by atomic mass is 35.5. The van der Waals surface area contributed by atoms with E-state index in [0.717, 1.165) is 0 Å². The molecule has 1 atom stereocenters. The minimum Gasteiger partial charge on any atom is -0.460 e. The highest BCUT2D eigenvalue weighted by Crippen LogP contribution is 2.26. The fourth-order valence-electron chi connectivity index (χ4n) is 1.95. The minimum absolute atomic E-state index is 0. The molecule has 1 saturated carbocycles. The molecule has 1 fully saturated rings. The molecule has 0 unspecified atom stereocenters. The summed E-state index contributed by atoms with van der Waals surface area (Å²) < 4.78 is 10.5. The Balaban J connectivity index is 0.00000242. The largest absolute Gasteiger partial charge is 0.460 e. The molecule has 1 aliphatic carbocycles. The Morgan fingerprint density at radius 2 is 2.00 bits per heavy atom. The lowest BCUT2D eigenvalue weighted by molar-refractivity contribution is -0.148. The second-order valence-corrected chi connectivity index (χ2v) is 5.94. The first-order valence-corrected chi connectivity index (χ1v) is 7.62. The van der Waals surface area contributed by atoms with Crippen molar-refractivity contribution in [3.05, 3.63) is 28.0 Å². The van der Waals surface area contributed by atoms with Crippen molar-refractivity contribution >= 4 is 41.6 Å². The molecule has 1 aromatic rings. The topological polar surface area (TPSA) is 74.4 Å². The number of halogens is 3. The number of rotatable bonds is 7. The van der Waals surface area contributed by atoms with Gasteiger partial charge < -0.3 is 15.2 Å². The number of carbonyl (C=O) groups excluding carboxylic acids is 1. The molecule has 0 aromatic carbocycles. The molecule has 2 rings (SSSR count). The van der Waals surface area contributed by atoms with Crippen LogP contribution in [0.15, 0.2) is 12.1 Å². The van der Waals surface area contributed by atoms with Crippen molar-refractivity contribution < 1.29 is 14.3 Å². The molecule has 22 heavy (non-hydrogen) atoms. The molecule has 0 aliphatic heterocycles. The third-order valence-corrected chi connectivity index (χ3v) is 3.77. The number of hydrogen-bond acceptors (Lipinski definition) is 5. The van der Waals surface area contributed by atoms with E-state index in [2.05, 4.69) is 4.98 Å². The Bertz CT molecular complexity index is 478. The molecule has 0 amide bonds. The number of ether oxygens (including phenoxy) is 2. The van der Waals surface area contributed by atoms with Gasteiger partial charge in [0.15, 0.2) is 0 Å². The van der Waals surface area contributed by atoms with Crippen LogP contribution in [0.5, 0.6) is 0 Å². The second kappa shape index (κ2) is 9.53.